The third-order valence-corrected chi connectivity index (χ3v) is 5.17. The van der Waals surface area contributed by atoms with Crippen molar-refractivity contribution in [3.05, 3.63) is 36.0 Å². The van der Waals surface area contributed by atoms with Crippen molar-refractivity contribution in [1.82, 2.24) is 14.9 Å². The van der Waals surface area contributed by atoms with Gasteiger partial charge in [0.15, 0.2) is 0 Å². The second-order valence-corrected chi connectivity index (χ2v) is 7.22. The second-order valence-electron chi connectivity index (χ2n) is 7.22. The van der Waals surface area contributed by atoms with Crippen LogP contribution in [0.2, 0.25) is 0 Å². The zero-order valence-electron chi connectivity index (χ0n) is 16.2. The normalized spacial score (nSPS) is 18.6. The average molecular weight is 368 g/mol. The molecule has 1 N–H and O–H groups in total. The molecule has 0 amide bonds. The minimum Gasteiger partial charge on any atom is -0.378 e. The van der Waals surface area contributed by atoms with Crippen molar-refractivity contribution in [3.8, 4) is 0 Å². The summed E-state index contributed by atoms with van der Waals surface area (Å²) in [6, 6.07) is 10.4. The van der Waals surface area contributed by atoms with Crippen LogP contribution >= 0.6 is 0 Å². The molecular weight excluding hydrogens is 340 g/mol. The van der Waals surface area contributed by atoms with Gasteiger partial charge in [0.2, 0.25) is 5.95 Å². The summed E-state index contributed by atoms with van der Waals surface area (Å²) in [6.45, 7) is 9.48. The van der Waals surface area contributed by atoms with Gasteiger partial charge >= 0.3 is 0 Å². The Bertz CT molecular complexity index is 769. The van der Waals surface area contributed by atoms with E-state index in [1.54, 1.807) is 0 Å². The highest BCUT2D eigenvalue weighted by atomic mass is 16.5. The van der Waals surface area contributed by atoms with Crippen LogP contribution in [0.1, 0.15) is 5.69 Å². The summed E-state index contributed by atoms with van der Waals surface area (Å²) in [7, 11) is 2.16. The zero-order valence-corrected chi connectivity index (χ0v) is 16.2. The van der Waals surface area contributed by atoms with Gasteiger partial charge in [-0.25, -0.2) is 4.98 Å². The molecular formula is C20H28N6O. The number of nitrogens with zero attached hydrogens (tertiary/aromatic N) is 5. The number of benzene rings is 1. The third kappa shape index (κ3) is 4.31. The van der Waals surface area contributed by atoms with E-state index in [4.69, 9.17) is 9.72 Å². The summed E-state index contributed by atoms with van der Waals surface area (Å²) in [5.74, 6) is 1.66. The van der Waals surface area contributed by atoms with Gasteiger partial charge in [-0.2, -0.15) is 4.98 Å². The number of para-hydroxylation sites is 2. The summed E-state index contributed by atoms with van der Waals surface area (Å²) in [6.07, 6.45) is 0. The maximum atomic E-state index is 5.49. The first-order chi connectivity index (χ1) is 13.2. The van der Waals surface area contributed by atoms with E-state index in [1.807, 2.05) is 13.0 Å². The first-order valence-electron chi connectivity index (χ1n) is 9.67. The molecule has 0 saturated carbocycles. The van der Waals surface area contributed by atoms with Crippen molar-refractivity contribution < 1.29 is 4.74 Å². The molecule has 0 unspecified atom stereocenters. The number of hydrogen-bond acceptors (Lipinski definition) is 7. The van der Waals surface area contributed by atoms with E-state index >= 15 is 0 Å². The number of hydrogen-bond donors (Lipinski definition) is 1. The van der Waals surface area contributed by atoms with Crippen LogP contribution in [-0.4, -0.2) is 74.4 Å². The molecule has 2 aliphatic rings. The largest absolute Gasteiger partial charge is 0.378 e. The highest BCUT2D eigenvalue weighted by Crippen LogP contribution is 2.29. The molecule has 4 rings (SSSR count). The molecule has 0 spiro atoms. The van der Waals surface area contributed by atoms with Gasteiger partial charge in [-0.15, -0.1) is 0 Å². The predicted molar refractivity (Wildman–Crippen MR) is 109 cm³/mol. The topological polar surface area (TPSA) is 56.8 Å². The van der Waals surface area contributed by atoms with Crippen LogP contribution in [0.5, 0.6) is 0 Å². The Morgan fingerprint density at radius 3 is 2.44 bits per heavy atom. The van der Waals surface area contributed by atoms with Crippen molar-refractivity contribution in [2.45, 2.75) is 6.92 Å². The van der Waals surface area contributed by atoms with Crippen molar-refractivity contribution in [2.24, 2.45) is 0 Å². The van der Waals surface area contributed by atoms with E-state index in [2.05, 4.69) is 56.3 Å². The number of nitrogens with one attached hydrogen (secondary N) is 1. The molecule has 7 heteroatoms. The maximum absolute atomic E-state index is 5.49. The van der Waals surface area contributed by atoms with Gasteiger partial charge in [0.05, 0.1) is 24.6 Å². The molecule has 7 nitrogen and oxygen atoms in total. The quantitative estimate of drug-likeness (QED) is 0.887. The molecule has 0 aliphatic carbocycles. The molecule has 0 bridgehead atoms. The first kappa shape index (κ1) is 18.0. The Morgan fingerprint density at radius 1 is 0.926 bits per heavy atom. The second kappa shape index (κ2) is 8.10. The van der Waals surface area contributed by atoms with Crippen LogP contribution < -0.4 is 15.1 Å². The van der Waals surface area contributed by atoms with Crippen LogP contribution in [0.25, 0.3) is 0 Å². The van der Waals surface area contributed by atoms with Gasteiger partial charge in [-0.05, 0) is 26.1 Å². The SMILES string of the molecule is Cc1cc(N2CCN(C)CC2)nc(Nc2ccccc2N2CCOCC2)n1. The van der Waals surface area contributed by atoms with Gasteiger partial charge in [0, 0.05) is 51.0 Å². The van der Waals surface area contributed by atoms with Gasteiger partial charge < -0.3 is 24.8 Å². The summed E-state index contributed by atoms with van der Waals surface area (Å²) in [5, 5.41) is 3.46. The van der Waals surface area contributed by atoms with Crippen LogP contribution in [-0.2, 0) is 4.74 Å². The number of piperazine rings is 1. The lowest BCUT2D eigenvalue weighted by Gasteiger charge is -2.33. The Kier molecular flexibility index (Phi) is 5.40. The van der Waals surface area contributed by atoms with Crippen molar-refractivity contribution in [3.63, 3.8) is 0 Å². The van der Waals surface area contributed by atoms with Gasteiger partial charge in [0.1, 0.15) is 5.82 Å². The molecule has 2 fully saturated rings. The summed E-state index contributed by atoms with van der Waals surface area (Å²) >= 11 is 0. The minimum absolute atomic E-state index is 0.657. The minimum atomic E-state index is 0.657. The fourth-order valence-corrected chi connectivity index (χ4v) is 3.59. The molecule has 144 valence electrons. The van der Waals surface area contributed by atoms with Crippen LogP contribution in [0.4, 0.5) is 23.1 Å². The fraction of sp³-hybridized carbons (Fsp3) is 0.500. The van der Waals surface area contributed by atoms with E-state index in [0.717, 1.165) is 69.7 Å². The number of anilines is 4. The van der Waals surface area contributed by atoms with E-state index < -0.39 is 0 Å². The Hall–Kier alpha value is -2.38. The Morgan fingerprint density at radius 2 is 1.67 bits per heavy atom. The van der Waals surface area contributed by atoms with E-state index in [0.29, 0.717) is 5.95 Å². The lowest BCUT2D eigenvalue weighted by Crippen LogP contribution is -2.44. The number of aryl methyl sites for hydroxylation is 1. The van der Waals surface area contributed by atoms with Gasteiger partial charge in [0.25, 0.3) is 0 Å². The maximum Gasteiger partial charge on any atom is 0.229 e. The molecule has 27 heavy (non-hydrogen) atoms. The molecule has 2 aliphatic heterocycles. The number of likely N-dealkylation sites (N-methyl/N-ethyl adjacent to an activating group) is 1. The van der Waals surface area contributed by atoms with E-state index in [9.17, 15) is 0 Å². The smallest absolute Gasteiger partial charge is 0.229 e. The van der Waals surface area contributed by atoms with Gasteiger partial charge in [-0.3, -0.25) is 0 Å². The predicted octanol–water partition coefficient (Wildman–Crippen LogP) is 2.12. The van der Waals surface area contributed by atoms with E-state index in [1.165, 1.54) is 5.69 Å². The van der Waals surface area contributed by atoms with Crippen molar-refractivity contribution in [2.75, 3.05) is 74.6 Å². The van der Waals surface area contributed by atoms with Crippen LogP contribution in [0.3, 0.4) is 0 Å². The highest BCUT2D eigenvalue weighted by molar-refractivity contribution is 5.73. The summed E-state index contributed by atoms with van der Waals surface area (Å²) in [4.78, 5) is 16.5. The molecule has 1 aromatic heterocycles. The Labute approximate surface area is 161 Å². The molecule has 1 aromatic carbocycles. The standard InChI is InChI=1S/C20H28N6O/c1-16-15-19(26-9-7-24(2)8-10-26)23-20(21-16)22-17-5-3-4-6-18(17)25-11-13-27-14-12-25/h3-6,15H,7-14H2,1-2H3,(H,21,22,23). The number of ether oxygens (including phenoxy) is 1. The lowest BCUT2D eigenvalue weighted by atomic mass is 10.2. The monoisotopic (exact) mass is 368 g/mol. The number of rotatable bonds is 4. The van der Waals surface area contributed by atoms with Crippen LogP contribution in [0, 0.1) is 6.92 Å². The molecule has 0 radical (unpaired) electrons. The van der Waals surface area contributed by atoms with Gasteiger partial charge in [-0.1, -0.05) is 12.1 Å². The third-order valence-electron chi connectivity index (χ3n) is 5.17. The number of morpholine rings is 1. The van der Waals surface area contributed by atoms with E-state index in [-0.39, 0.29) is 0 Å². The Balaban J connectivity index is 1.56. The molecule has 3 heterocycles. The lowest BCUT2D eigenvalue weighted by molar-refractivity contribution is 0.123. The molecule has 0 atom stereocenters. The van der Waals surface area contributed by atoms with Crippen molar-refractivity contribution >= 4 is 23.1 Å². The average Bonchev–Trinajstić information content (AvgIpc) is 2.69. The fourth-order valence-electron chi connectivity index (χ4n) is 3.59. The summed E-state index contributed by atoms with van der Waals surface area (Å²) < 4.78 is 5.49. The molecule has 2 aromatic rings. The molecule has 2 saturated heterocycles. The zero-order chi connectivity index (χ0) is 18.6. The highest BCUT2D eigenvalue weighted by Gasteiger charge is 2.18. The first-order valence-corrected chi connectivity index (χ1v) is 9.67. The number of aromatic nitrogens is 2. The summed E-state index contributed by atoms with van der Waals surface area (Å²) in [5.41, 5.74) is 3.19. The van der Waals surface area contributed by atoms with Crippen LogP contribution in [0.15, 0.2) is 30.3 Å². The van der Waals surface area contributed by atoms with Crippen molar-refractivity contribution in [1.29, 1.82) is 0 Å².